The Labute approximate surface area is 97.4 Å². The first-order valence-corrected chi connectivity index (χ1v) is 2.68. The van der Waals surface area contributed by atoms with Crippen LogP contribution in [-0.2, 0) is 0 Å². The van der Waals surface area contributed by atoms with Crippen LogP contribution in [0.3, 0.4) is 0 Å². The molecule has 4 N–H and O–H groups in total. The van der Waals surface area contributed by atoms with Gasteiger partial charge in [-0.3, -0.25) is 28.2 Å². The van der Waals surface area contributed by atoms with E-state index in [2.05, 4.69) is 0 Å². The fraction of sp³-hybridized carbons (Fsp3) is 0. The second-order valence-corrected chi connectivity index (χ2v) is 1.80. The maximum Gasteiger partial charge on any atom is 1.00 e. The third kappa shape index (κ3) is 2180. The van der Waals surface area contributed by atoms with Crippen LogP contribution in [0.15, 0.2) is 0 Å². The van der Waals surface area contributed by atoms with Crippen molar-refractivity contribution in [3.8, 4) is 0 Å². The summed E-state index contributed by atoms with van der Waals surface area (Å²) in [7, 11) is -4.61. The Kier molecular flexibility index (Phi) is 289. The summed E-state index contributed by atoms with van der Waals surface area (Å²) >= 11 is 0. The third-order valence-electron chi connectivity index (χ3n) is 0. The summed E-state index contributed by atoms with van der Waals surface area (Å²) < 4.78 is 0. The zero-order valence-corrected chi connectivity index (χ0v) is 7.74. The van der Waals surface area contributed by atoms with E-state index in [-0.39, 0.29) is 68.8 Å². The van der Waals surface area contributed by atoms with Crippen molar-refractivity contribution in [3.05, 3.63) is 0 Å². The number of hydrogen-bond donors (Lipinski definition) is 4. The van der Waals surface area contributed by atoms with Gasteiger partial charge < -0.3 is 22.0 Å². The Morgan fingerprint density at radius 3 is 0.538 bits per heavy atom. The maximum atomic E-state index is 7.33. The first-order chi connectivity index (χ1) is 2.00. The van der Waals surface area contributed by atoms with Crippen molar-refractivity contribution in [3.63, 3.8) is 0 Å². The molecule has 0 radical (unpaired) electrons. The van der Waals surface area contributed by atoms with Crippen LogP contribution in [0.1, 0.15) is 2.85 Å². The molecule has 0 saturated carbocycles. The van der Waals surface area contributed by atoms with Crippen LogP contribution in [-0.4, -0.2) is 28.2 Å². The largest absolute Gasteiger partial charge is 1.00 e. The Morgan fingerprint density at radius 2 is 0.538 bits per heavy atom. The van der Waals surface area contributed by atoms with Crippen LogP contribution in [0.2, 0.25) is 0 Å². The summed E-state index contributed by atoms with van der Waals surface area (Å²) in [6.07, 6.45) is 0. The molecule has 13 heavy (non-hydrogen) atoms. The molecular formula is H12F6Li2O4Si. The van der Waals surface area contributed by atoms with Gasteiger partial charge in [0.05, 0.1) is 0 Å². The van der Waals surface area contributed by atoms with E-state index < -0.39 is 9.05 Å². The smallest absolute Gasteiger partial charge is 1.00 e. The second-order valence-electron chi connectivity index (χ2n) is 0.600. The predicted octanol–water partition coefficient (Wildman–Crippen LogP) is -7.46. The third-order valence-corrected chi connectivity index (χ3v) is 0. The Hall–Kier alpha value is 0.832. The van der Waals surface area contributed by atoms with E-state index in [1.807, 2.05) is 0 Å². The van der Waals surface area contributed by atoms with Gasteiger partial charge in [0.25, 0.3) is 0 Å². The average Bonchev–Trinajstić information content (AvgIpc) is 0.722. The summed E-state index contributed by atoms with van der Waals surface area (Å²) in [5.74, 6) is 0. The molecule has 0 atom stereocenters. The molecule has 0 unspecified atom stereocenters. The molecule has 84 valence electrons. The standard InChI is InChI=1S/6FH.2Li.H4O4Si.2H/c;;;;;;;;1-5(2,3)4;;/h6*1H;;;1-4H;;/q;;;;;;2*+1;;2*-1. The molecule has 0 aliphatic carbocycles. The van der Waals surface area contributed by atoms with Gasteiger partial charge in [0, 0.05) is 0 Å². The van der Waals surface area contributed by atoms with Crippen LogP contribution in [0.5, 0.6) is 0 Å². The molecule has 0 aliphatic heterocycles. The first-order valence-electron chi connectivity index (χ1n) is 0.894. The molecule has 0 aromatic carbocycles. The van der Waals surface area contributed by atoms with E-state index in [1.54, 1.807) is 0 Å². The van der Waals surface area contributed by atoms with Crippen LogP contribution in [0.4, 0.5) is 28.2 Å². The monoisotopic (exact) mass is 232 g/mol. The molecule has 0 heterocycles. The predicted molar refractivity (Wildman–Crippen MR) is 31.9 cm³/mol. The Balaban J connectivity index is -0.00000000178. The molecule has 0 spiro atoms. The molecule has 0 bridgehead atoms. The zero-order chi connectivity index (χ0) is 4.50. The van der Waals surface area contributed by atoms with Crippen molar-refractivity contribution in [1.82, 2.24) is 0 Å². The Morgan fingerprint density at radius 1 is 0.538 bits per heavy atom. The van der Waals surface area contributed by atoms with Gasteiger partial charge in [-0.05, 0) is 0 Å². The summed E-state index contributed by atoms with van der Waals surface area (Å²) in [4.78, 5) is 29.3. The fourth-order valence-corrected chi connectivity index (χ4v) is 0. The van der Waals surface area contributed by atoms with Gasteiger partial charge in [-0.2, -0.15) is 0 Å². The summed E-state index contributed by atoms with van der Waals surface area (Å²) in [6, 6.07) is 0. The van der Waals surface area contributed by atoms with Gasteiger partial charge >= 0.3 is 46.8 Å². The number of halogens is 6. The van der Waals surface area contributed by atoms with E-state index in [0.29, 0.717) is 0 Å². The van der Waals surface area contributed by atoms with E-state index in [0.717, 1.165) is 0 Å². The molecule has 0 fully saturated rings. The first kappa shape index (κ1) is 97.6. The van der Waals surface area contributed by atoms with Gasteiger partial charge in [-0.1, -0.05) is 0 Å². The van der Waals surface area contributed by atoms with Gasteiger partial charge in [0.15, 0.2) is 0 Å². The molecule has 13 heteroatoms. The van der Waals surface area contributed by atoms with Gasteiger partial charge in [0.2, 0.25) is 0 Å². The normalized spacial score (nSPS) is 4.62. The van der Waals surface area contributed by atoms with Gasteiger partial charge in [0.1, 0.15) is 0 Å². The summed E-state index contributed by atoms with van der Waals surface area (Å²) in [5, 5.41) is 0. The summed E-state index contributed by atoms with van der Waals surface area (Å²) in [5.41, 5.74) is 0. The van der Waals surface area contributed by atoms with E-state index in [4.69, 9.17) is 19.2 Å². The topological polar surface area (TPSA) is 80.9 Å². The van der Waals surface area contributed by atoms with Crippen molar-refractivity contribution in [2.75, 3.05) is 0 Å². The summed E-state index contributed by atoms with van der Waals surface area (Å²) in [6.45, 7) is 0. The van der Waals surface area contributed by atoms with Crippen LogP contribution in [0.25, 0.3) is 0 Å². The van der Waals surface area contributed by atoms with Crippen LogP contribution >= 0.6 is 0 Å². The van der Waals surface area contributed by atoms with Crippen molar-refractivity contribution >= 4 is 9.05 Å². The van der Waals surface area contributed by atoms with Crippen molar-refractivity contribution < 1.29 is 88.0 Å². The molecular weight excluding hydrogens is 220 g/mol. The Bertz CT molecular complexity index is 46.6. The number of rotatable bonds is 0. The van der Waals surface area contributed by atoms with Crippen molar-refractivity contribution in [2.45, 2.75) is 0 Å². The van der Waals surface area contributed by atoms with E-state index >= 15 is 0 Å². The van der Waals surface area contributed by atoms with Gasteiger partial charge in [-0.15, -0.1) is 0 Å². The molecule has 0 saturated heterocycles. The number of hydrogen-bond acceptors (Lipinski definition) is 4. The molecule has 0 rings (SSSR count). The van der Waals surface area contributed by atoms with E-state index in [1.165, 1.54) is 0 Å². The zero-order valence-electron chi connectivity index (χ0n) is 8.74. The fourth-order valence-electron chi connectivity index (χ4n) is 0. The molecule has 0 aromatic rings. The molecule has 0 amide bonds. The van der Waals surface area contributed by atoms with Crippen molar-refractivity contribution in [2.24, 2.45) is 0 Å². The minimum atomic E-state index is -4.61. The molecule has 0 aliphatic rings. The van der Waals surface area contributed by atoms with Crippen LogP contribution in [0, 0.1) is 0 Å². The quantitative estimate of drug-likeness (QED) is 0.247. The minimum Gasteiger partial charge on any atom is -1.00 e. The average molecular weight is 232 g/mol. The minimum absolute atomic E-state index is 0. The molecule has 0 aromatic heterocycles. The van der Waals surface area contributed by atoms with Crippen molar-refractivity contribution in [1.29, 1.82) is 0 Å². The maximum absolute atomic E-state index is 7.33. The van der Waals surface area contributed by atoms with Gasteiger partial charge in [-0.25, -0.2) is 0 Å². The van der Waals surface area contributed by atoms with E-state index in [9.17, 15) is 0 Å². The second kappa shape index (κ2) is 38.5. The van der Waals surface area contributed by atoms with Crippen LogP contribution < -0.4 is 37.7 Å². The SMILES string of the molecule is F.F.F.F.F.F.O[Si](O)(O)O.[H-].[H-].[Li+].[Li+]. The molecule has 4 nitrogen and oxygen atoms in total.